The van der Waals surface area contributed by atoms with Crippen molar-refractivity contribution >= 4 is 0 Å². The Kier molecular flexibility index (Phi) is 6.33. The zero-order valence-corrected chi connectivity index (χ0v) is 10.1. The Morgan fingerprint density at radius 3 is 2.36 bits per heavy atom. The van der Waals surface area contributed by atoms with Crippen molar-refractivity contribution in [3.8, 4) is 0 Å². The molecule has 0 aliphatic heterocycles. The summed E-state index contributed by atoms with van der Waals surface area (Å²) in [6, 6.07) is 0. The maximum Gasteiger partial charge on any atom is 0.0524 e. The smallest absolute Gasteiger partial charge is 0.0524 e. The molecule has 0 aromatic carbocycles. The second-order valence-corrected chi connectivity index (χ2v) is 5.06. The summed E-state index contributed by atoms with van der Waals surface area (Å²) in [4.78, 5) is 2.25. The first-order valence-electron chi connectivity index (χ1n) is 5.44. The second-order valence-electron chi connectivity index (χ2n) is 5.06. The molecule has 0 radical (unpaired) electrons. The van der Waals surface area contributed by atoms with Gasteiger partial charge in [-0.25, -0.2) is 0 Å². The number of rotatable bonds is 7. The van der Waals surface area contributed by atoms with Crippen molar-refractivity contribution in [2.75, 3.05) is 26.7 Å². The van der Waals surface area contributed by atoms with Gasteiger partial charge in [-0.05, 0) is 45.3 Å². The van der Waals surface area contributed by atoms with Crippen molar-refractivity contribution in [3.05, 3.63) is 0 Å². The van der Waals surface area contributed by atoms with Crippen LogP contribution in [0.1, 0.15) is 33.6 Å². The van der Waals surface area contributed by atoms with Crippen molar-refractivity contribution in [1.82, 2.24) is 4.90 Å². The number of nitrogens with two attached hydrogens (primary N) is 1. The third kappa shape index (κ3) is 7.30. The minimum atomic E-state index is -0.194. The third-order valence-corrected chi connectivity index (χ3v) is 2.65. The topological polar surface area (TPSA) is 49.5 Å². The van der Waals surface area contributed by atoms with Crippen LogP contribution in [0.3, 0.4) is 0 Å². The van der Waals surface area contributed by atoms with Crippen LogP contribution in [0, 0.1) is 5.41 Å². The third-order valence-electron chi connectivity index (χ3n) is 2.65. The predicted molar refractivity (Wildman–Crippen MR) is 61.2 cm³/mol. The summed E-state index contributed by atoms with van der Waals surface area (Å²) < 4.78 is 0. The first-order valence-corrected chi connectivity index (χ1v) is 5.44. The van der Waals surface area contributed by atoms with Gasteiger partial charge in [-0.15, -0.1) is 0 Å². The maximum atomic E-state index is 9.13. The van der Waals surface area contributed by atoms with E-state index in [0.717, 1.165) is 32.5 Å². The minimum Gasteiger partial charge on any atom is -0.393 e. The van der Waals surface area contributed by atoms with Gasteiger partial charge in [-0.1, -0.05) is 13.8 Å². The van der Waals surface area contributed by atoms with Crippen molar-refractivity contribution in [2.24, 2.45) is 11.1 Å². The summed E-state index contributed by atoms with van der Waals surface area (Å²) >= 11 is 0. The van der Waals surface area contributed by atoms with E-state index >= 15 is 0 Å². The largest absolute Gasteiger partial charge is 0.393 e. The molecule has 14 heavy (non-hydrogen) atoms. The molecule has 0 fully saturated rings. The zero-order chi connectivity index (χ0) is 11.2. The Bertz CT molecular complexity index is 146. The van der Waals surface area contributed by atoms with E-state index in [2.05, 4.69) is 25.8 Å². The molecule has 0 bridgehead atoms. The fourth-order valence-electron chi connectivity index (χ4n) is 1.11. The van der Waals surface area contributed by atoms with Gasteiger partial charge >= 0.3 is 0 Å². The molecule has 0 aliphatic carbocycles. The average molecular weight is 202 g/mol. The van der Waals surface area contributed by atoms with Crippen LogP contribution in [0.2, 0.25) is 0 Å². The molecule has 0 heterocycles. The van der Waals surface area contributed by atoms with Crippen LogP contribution < -0.4 is 5.73 Å². The van der Waals surface area contributed by atoms with Crippen LogP contribution in [0.5, 0.6) is 0 Å². The van der Waals surface area contributed by atoms with E-state index in [4.69, 9.17) is 10.8 Å². The average Bonchev–Trinajstić information content (AvgIpc) is 2.11. The SMILES string of the molecule is CC(O)CCN(C)CCC(C)(C)CN. The van der Waals surface area contributed by atoms with Crippen LogP contribution in [0.15, 0.2) is 0 Å². The van der Waals surface area contributed by atoms with E-state index in [9.17, 15) is 0 Å². The molecule has 3 nitrogen and oxygen atoms in total. The van der Waals surface area contributed by atoms with Gasteiger partial charge in [0.25, 0.3) is 0 Å². The molecule has 0 rings (SSSR count). The summed E-state index contributed by atoms with van der Waals surface area (Å²) in [6.45, 7) is 8.95. The van der Waals surface area contributed by atoms with Gasteiger partial charge in [0.1, 0.15) is 0 Å². The van der Waals surface area contributed by atoms with E-state index in [0.29, 0.717) is 0 Å². The van der Waals surface area contributed by atoms with Gasteiger partial charge in [0.2, 0.25) is 0 Å². The Hall–Kier alpha value is -0.120. The lowest BCUT2D eigenvalue weighted by Gasteiger charge is -2.26. The first-order chi connectivity index (χ1) is 6.37. The van der Waals surface area contributed by atoms with E-state index in [1.807, 2.05) is 6.92 Å². The zero-order valence-electron chi connectivity index (χ0n) is 10.1. The van der Waals surface area contributed by atoms with Gasteiger partial charge in [0, 0.05) is 6.54 Å². The molecule has 1 atom stereocenters. The van der Waals surface area contributed by atoms with E-state index in [1.54, 1.807) is 0 Å². The van der Waals surface area contributed by atoms with Crippen LogP contribution in [0.25, 0.3) is 0 Å². The molecule has 86 valence electrons. The van der Waals surface area contributed by atoms with Crippen molar-refractivity contribution < 1.29 is 5.11 Å². The first kappa shape index (κ1) is 13.9. The van der Waals surface area contributed by atoms with Crippen LogP contribution in [-0.4, -0.2) is 42.8 Å². The number of aliphatic hydroxyl groups excluding tert-OH is 1. The van der Waals surface area contributed by atoms with Gasteiger partial charge < -0.3 is 15.7 Å². The lowest BCUT2D eigenvalue weighted by Crippen LogP contribution is -2.31. The molecule has 0 aromatic rings. The van der Waals surface area contributed by atoms with E-state index in [1.165, 1.54) is 0 Å². The Morgan fingerprint density at radius 2 is 1.93 bits per heavy atom. The number of hydrogen-bond acceptors (Lipinski definition) is 3. The summed E-state index contributed by atoms with van der Waals surface area (Å²) in [5, 5.41) is 9.13. The van der Waals surface area contributed by atoms with Crippen LogP contribution in [0.4, 0.5) is 0 Å². The normalized spacial score (nSPS) is 14.8. The highest BCUT2D eigenvalue weighted by Gasteiger charge is 2.15. The summed E-state index contributed by atoms with van der Waals surface area (Å²) in [5.74, 6) is 0. The highest BCUT2D eigenvalue weighted by molar-refractivity contribution is 4.71. The molecule has 0 aliphatic rings. The molecular formula is C11H26N2O. The molecule has 0 saturated heterocycles. The number of nitrogens with zero attached hydrogens (tertiary/aromatic N) is 1. The molecule has 3 N–H and O–H groups in total. The van der Waals surface area contributed by atoms with Gasteiger partial charge in [0.05, 0.1) is 6.10 Å². The fraction of sp³-hybridized carbons (Fsp3) is 1.00. The summed E-state index contributed by atoms with van der Waals surface area (Å²) in [6.07, 6.45) is 1.76. The van der Waals surface area contributed by atoms with E-state index in [-0.39, 0.29) is 11.5 Å². The van der Waals surface area contributed by atoms with Crippen molar-refractivity contribution in [3.63, 3.8) is 0 Å². The predicted octanol–water partition coefficient (Wildman–Crippen LogP) is 1.06. The number of hydrogen-bond donors (Lipinski definition) is 2. The molecule has 3 heteroatoms. The van der Waals surface area contributed by atoms with Crippen molar-refractivity contribution in [2.45, 2.75) is 39.7 Å². The maximum absolute atomic E-state index is 9.13. The summed E-state index contributed by atoms with van der Waals surface area (Å²) in [5.41, 5.74) is 5.89. The fourth-order valence-corrected chi connectivity index (χ4v) is 1.11. The van der Waals surface area contributed by atoms with Crippen LogP contribution >= 0.6 is 0 Å². The Labute approximate surface area is 88.3 Å². The highest BCUT2D eigenvalue weighted by atomic mass is 16.3. The highest BCUT2D eigenvalue weighted by Crippen LogP contribution is 2.18. The monoisotopic (exact) mass is 202 g/mol. The molecule has 1 unspecified atom stereocenters. The lowest BCUT2D eigenvalue weighted by molar-refractivity contribution is 0.159. The Balaban J connectivity index is 3.58. The number of aliphatic hydroxyl groups is 1. The van der Waals surface area contributed by atoms with Gasteiger partial charge in [-0.3, -0.25) is 0 Å². The Morgan fingerprint density at radius 1 is 1.36 bits per heavy atom. The second kappa shape index (κ2) is 6.38. The quantitative estimate of drug-likeness (QED) is 0.649. The standard InChI is InChI=1S/C11H26N2O/c1-10(14)5-7-13(4)8-6-11(2,3)9-12/h10,14H,5-9,12H2,1-4H3. The van der Waals surface area contributed by atoms with E-state index < -0.39 is 0 Å². The lowest BCUT2D eigenvalue weighted by atomic mass is 9.89. The molecule has 0 amide bonds. The molecule has 0 aromatic heterocycles. The van der Waals surface area contributed by atoms with Gasteiger partial charge in [0.15, 0.2) is 0 Å². The van der Waals surface area contributed by atoms with Crippen molar-refractivity contribution in [1.29, 1.82) is 0 Å². The van der Waals surface area contributed by atoms with Gasteiger partial charge in [-0.2, -0.15) is 0 Å². The van der Waals surface area contributed by atoms with Crippen LogP contribution in [-0.2, 0) is 0 Å². The minimum absolute atomic E-state index is 0.194. The molecule has 0 spiro atoms. The molecule has 0 saturated carbocycles. The summed E-state index contributed by atoms with van der Waals surface area (Å²) in [7, 11) is 2.09. The molecular weight excluding hydrogens is 176 g/mol.